The Labute approximate surface area is 117 Å². The summed E-state index contributed by atoms with van der Waals surface area (Å²) in [6, 6.07) is 3.14. The molecular weight excluding hydrogens is 264 g/mol. The summed E-state index contributed by atoms with van der Waals surface area (Å²) in [6.07, 6.45) is 1.65. The highest BCUT2D eigenvalue weighted by Crippen LogP contribution is 2.23. The molecule has 2 atom stereocenters. The van der Waals surface area contributed by atoms with Crippen LogP contribution in [0.5, 0.6) is 0 Å². The first-order chi connectivity index (χ1) is 9.47. The maximum atomic E-state index is 13.5. The van der Waals surface area contributed by atoms with Gasteiger partial charge in [-0.3, -0.25) is 4.79 Å². The Morgan fingerprint density at radius 1 is 1.50 bits per heavy atom. The summed E-state index contributed by atoms with van der Waals surface area (Å²) < 4.78 is 26.6. The van der Waals surface area contributed by atoms with Crippen LogP contribution in [0.4, 0.5) is 8.78 Å². The number of hydrogen-bond donors (Lipinski definition) is 1. The van der Waals surface area contributed by atoms with Crippen LogP contribution < -0.4 is 0 Å². The van der Waals surface area contributed by atoms with Crippen molar-refractivity contribution < 1.29 is 18.7 Å². The largest absolute Gasteiger partial charge is 0.393 e. The van der Waals surface area contributed by atoms with Crippen LogP contribution >= 0.6 is 0 Å². The zero-order chi connectivity index (χ0) is 14.7. The van der Waals surface area contributed by atoms with E-state index in [2.05, 4.69) is 0 Å². The van der Waals surface area contributed by atoms with Gasteiger partial charge in [0.1, 0.15) is 11.6 Å². The maximum Gasteiger partial charge on any atom is 0.227 e. The fourth-order valence-corrected chi connectivity index (χ4v) is 2.75. The van der Waals surface area contributed by atoms with Gasteiger partial charge in [-0.1, -0.05) is 0 Å². The van der Waals surface area contributed by atoms with Crippen molar-refractivity contribution in [2.24, 2.45) is 0 Å². The van der Waals surface area contributed by atoms with Gasteiger partial charge >= 0.3 is 0 Å². The standard InChI is InChI=1S/C15H19F2NO2/c1-10(19)7-13-3-2-6-18(13)15(20)9-11-8-12(16)4-5-14(11)17/h4-5,8,10,13,19H,2-3,6-7,9H2,1H3/t10-,13-/m1/s1. The third-order valence-corrected chi connectivity index (χ3v) is 3.66. The molecule has 0 spiro atoms. The zero-order valence-electron chi connectivity index (χ0n) is 11.5. The van der Waals surface area contributed by atoms with E-state index in [0.29, 0.717) is 13.0 Å². The molecule has 0 aromatic heterocycles. The van der Waals surface area contributed by atoms with Gasteiger partial charge in [-0.2, -0.15) is 0 Å². The van der Waals surface area contributed by atoms with E-state index in [1.165, 1.54) is 0 Å². The number of rotatable bonds is 4. The molecule has 1 fully saturated rings. The monoisotopic (exact) mass is 283 g/mol. The molecule has 3 nitrogen and oxygen atoms in total. The first kappa shape index (κ1) is 14.9. The molecule has 0 saturated carbocycles. The second-order valence-electron chi connectivity index (χ2n) is 5.38. The van der Waals surface area contributed by atoms with E-state index >= 15 is 0 Å². The summed E-state index contributed by atoms with van der Waals surface area (Å²) in [6.45, 7) is 2.31. The van der Waals surface area contributed by atoms with E-state index in [9.17, 15) is 18.7 Å². The molecule has 1 N–H and O–H groups in total. The van der Waals surface area contributed by atoms with Gasteiger partial charge < -0.3 is 10.0 Å². The van der Waals surface area contributed by atoms with Crippen molar-refractivity contribution in [2.75, 3.05) is 6.54 Å². The number of hydrogen-bond acceptors (Lipinski definition) is 2. The summed E-state index contributed by atoms with van der Waals surface area (Å²) >= 11 is 0. The molecule has 2 rings (SSSR count). The molecule has 0 radical (unpaired) electrons. The highest BCUT2D eigenvalue weighted by atomic mass is 19.1. The molecule has 1 aliphatic heterocycles. The van der Waals surface area contributed by atoms with Gasteiger partial charge in [0.05, 0.1) is 12.5 Å². The molecule has 1 aromatic rings. The van der Waals surface area contributed by atoms with Gasteiger partial charge in [-0.15, -0.1) is 0 Å². The summed E-state index contributed by atoms with van der Waals surface area (Å²) in [5.41, 5.74) is 0.0812. The third-order valence-electron chi connectivity index (χ3n) is 3.66. The third kappa shape index (κ3) is 3.54. The van der Waals surface area contributed by atoms with Crippen LogP contribution in [0.1, 0.15) is 31.7 Å². The number of aliphatic hydroxyl groups is 1. The van der Waals surface area contributed by atoms with Crippen molar-refractivity contribution in [2.45, 2.75) is 44.8 Å². The Balaban J connectivity index is 2.05. The van der Waals surface area contributed by atoms with Crippen molar-refractivity contribution in [3.63, 3.8) is 0 Å². The molecule has 1 saturated heterocycles. The lowest BCUT2D eigenvalue weighted by Crippen LogP contribution is -2.38. The minimum atomic E-state index is -0.564. The van der Waals surface area contributed by atoms with Gasteiger partial charge in [-0.05, 0) is 44.4 Å². The van der Waals surface area contributed by atoms with Crippen LogP contribution in [0.2, 0.25) is 0 Å². The first-order valence-electron chi connectivity index (χ1n) is 6.89. The van der Waals surface area contributed by atoms with Crippen LogP contribution in [-0.4, -0.2) is 34.6 Å². The van der Waals surface area contributed by atoms with Crippen molar-refractivity contribution in [3.05, 3.63) is 35.4 Å². The topological polar surface area (TPSA) is 40.5 Å². The van der Waals surface area contributed by atoms with E-state index in [1.807, 2.05) is 0 Å². The minimum Gasteiger partial charge on any atom is -0.393 e. The van der Waals surface area contributed by atoms with Crippen molar-refractivity contribution >= 4 is 5.91 Å². The van der Waals surface area contributed by atoms with Crippen LogP contribution in [0.25, 0.3) is 0 Å². The highest BCUT2D eigenvalue weighted by molar-refractivity contribution is 5.79. The van der Waals surface area contributed by atoms with Crippen molar-refractivity contribution in [3.8, 4) is 0 Å². The van der Waals surface area contributed by atoms with Crippen molar-refractivity contribution in [1.82, 2.24) is 4.90 Å². The first-order valence-corrected chi connectivity index (χ1v) is 6.89. The average Bonchev–Trinajstić information content (AvgIpc) is 2.81. The molecule has 1 amide bonds. The van der Waals surface area contributed by atoms with Gasteiger partial charge in [-0.25, -0.2) is 8.78 Å². The molecule has 1 aromatic carbocycles. The fraction of sp³-hybridized carbons (Fsp3) is 0.533. The zero-order valence-corrected chi connectivity index (χ0v) is 11.5. The molecule has 1 aliphatic rings. The molecule has 20 heavy (non-hydrogen) atoms. The van der Waals surface area contributed by atoms with Crippen molar-refractivity contribution in [1.29, 1.82) is 0 Å². The maximum absolute atomic E-state index is 13.5. The average molecular weight is 283 g/mol. The Kier molecular flexibility index (Phi) is 4.70. The number of halogens is 2. The quantitative estimate of drug-likeness (QED) is 0.921. The Morgan fingerprint density at radius 2 is 2.25 bits per heavy atom. The molecule has 1 heterocycles. The lowest BCUT2D eigenvalue weighted by Gasteiger charge is -2.26. The Hall–Kier alpha value is -1.49. The Morgan fingerprint density at radius 3 is 2.95 bits per heavy atom. The van der Waals surface area contributed by atoms with E-state index in [1.54, 1.807) is 11.8 Å². The smallest absolute Gasteiger partial charge is 0.227 e. The molecule has 110 valence electrons. The highest BCUT2D eigenvalue weighted by Gasteiger charge is 2.29. The van der Waals surface area contributed by atoms with Crippen LogP contribution in [0.3, 0.4) is 0 Å². The number of carbonyl (C=O) groups is 1. The molecule has 0 unspecified atom stereocenters. The van der Waals surface area contributed by atoms with Gasteiger partial charge in [0.15, 0.2) is 0 Å². The fourth-order valence-electron chi connectivity index (χ4n) is 2.75. The summed E-state index contributed by atoms with van der Waals surface area (Å²) in [4.78, 5) is 13.9. The summed E-state index contributed by atoms with van der Waals surface area (Å²) in [5, 5.41) is 9.44. The van der Waals surface area contributed by atoms with Crippen LogP contribution in [-0.2, 0) is 11.2 Å². The second kappa shape index (κ2) is 6.31. The van der Waals surface area contributed by atoms with Crippen LogP contribution in [0, 0.1) is 11.6 Å². The van der Waals surface area contributed by atoms with Crippen LogP contribution in [0.15, 0.2) is 18.2 Å². The molecule has 0 bridgehead atoms. The van der Waals surface area contributed by atoms with Gasteiger partial charge in [0, 0.05) is 18.2 Å². The Bertz CT molecular complexity index is 491. The normalized spacial score (nSPS) is 20.2. The SMILES string of the molecule is C[C@@H](O)C[C@H]1CCCN1C(=O)Cc1cc(F)ccc1F. The number of aliphatic hydroxyl groups excluding tert-OH is 1. The molecular formula is C15H19F2NO2. The molecule has 0 aliphatic carbocycles. The van der Waals surface area contributed by atoms with E-state index in [4.69, 9.17) is 0 Å². The summed E-state index contributed by atoms with van der Waals surface area (Å²) in [7, 11) is 0. The predicted molar refractivity (Wildman–Crippen MR) is 71.1 cm³/mol. The van der Waals surface area contributed by atoms with E-state index < -0.39 is 17.7 Å². The summed E-state index contributed by atoms with van der Waals surface area (Å²) in [5.74, 6) is -1.32. The van der Waals surface area contributed by atoms with Gasteiger partial charge in [0.2, 0.25) is 5.91 Å². The predicted octanol–water partition coefficient (Wildman–Crippen LogP) is 2.27. The number of likely N-dealkylation sites (tertiary alicyclic amines) is 1. The number of nitrogens with zero attached hydrogens (tertiary/aromatic N) is 1. The number of amides is 1. The number of carbonyl (C=O) groups excluding carboxylic acids is 1. The van der Waals surface area contributed by atoms with E-state index in [0.717, 1.165) is 31.0 Å². The lowest BCUT2D eigenvalue weighted by atomic mass is 10.1. The van der Waals surface area contributed by atoms with Gasteiger partial charge in [0.25, 0.3) is 0 Å². The van der Waals surface area contributed by atoms with E-state index in [-0.39, 0.29) is 23.9 Å². The number of benzene rings is 1. The minimum absolute atomic E-state index is 0.000814. The second-order valence-corrected chi connectivity index (χ2v) is 5.38. The lowest BCUT2D eigenvalue weighted by molar-refractivity contribution is -0.131. The molecule has 5 heteroatoms.